The van der Waals surface area contributed by atoms with Gasteiger partial charge in [0.25, 0.3) is 5.91 Å². The summed E-state index contributed by atoms with van der Waals surface area (Å²) < 4.78 is 0.874. The van der Waals surface area contributed by atoms with Gasteiger partial charge in [-0.3, -0.25) is 9.59 Å². The molecule has 1 rings (SSSR count). The highest BCUT2D eigenvalue weighted by Gasteiger charge is 2.14. The van der Waals surface area contributed by atoms with Crippen molar-refractivity contribution >= 4 is 27.6 Å². The first-order valence-corrected chi connectivity index (χ1v) is 5.70. The first-order chi connectivity index (χ1) is 7.41. The predicted octanol–water partition coefficient (Wildman–Crippen LogP) is 2.28. The van der Waals surface area contributed by atoms with Crippen LogP contribution in [0.25, 0.3) is 0 Å². The Morgan fingerprint density at radius 2 is 1.94 bits per heavy atom. The molecule has 1 aromatic rings. The van der Waals surface area contributed by atoms with Crippen molar-refractivity contribution in [1.29, 1.82) is 0 Å². The van der Waals surface area contributed by atoms with E-state index >= 15 is 0 Å². The molecule has 0 spiro atoms. The van der Waals surface area contributed by atoms with Crippen LogP contribution in [0.2, 0.25) is 0 Å². The van der Waals surface area contributed by atoms with E-state index in [1.54, 1.807) is 26.2 Å². The second-order valence-corrected chi connectivity index (χ2v) is 4.80. The Balaban J connectivity index is 3.17. The van der Waals surface area contributed by atoms with E-state index in [0.717, 1.165) is 10.0 Å². The molecule has 3 nitrogen and oxygen atoms in total. The quantitative estimate of drug-likeness (QED) is 0.854. The summed E-state index contributed by atoms with van der Waals surface area (Å²) >= 11 is 3.34. The van der Waals surface area contributed by atoms with Crippen LogP contribution < -0.4 is 0 Å². The fraction of sp³-hybridized carbons (Fsp3) is 0.333. The second-order valence-electron chi connectivity index (χ2n) is 3.88. The first kappa shape index (κ1) is 12.9. The third-order valence-corrected chi connectivity index (χ3v) is 2.64. The van der Waals surface area contributed by atoms with Gasteiger partial charge in [0.2, 0.25) is 0 Å². The van der Waals surface area contributed by atoms with E-state index in [1.807, 2.05) is 6.07 Å². The summed E-state index contributed by atoms with van der Waals surface area (Å²) in [7, 11) is 3.39. The van der Waals surface area contributed by atoms with Crippen LogP contribution in [0.5, 0.6) is 0 Å². The normalized spacial score (nSPS) is 10.0. The van der Waals surface area contributed by atoms with E-state index < -0.39 is 0 Å². The topological polar surface area (TPSA) is 37.4 Å². The van der Waals surface area contributed by atoms with Crippen LogP contribution >= 0.6 is 15.9 Å². The summed E-state index contributed by atoms with van der Waals surface area (Å²) in [6.45, 7) is 1.52. The first-order valence-electron chi connectivity index (χ1n) is 4.91. The maximum absolute atomic E-state index is 11.9. The molecule has 0 saturated carbocycles. The van der Waals surface area contributed by atoms with Crippen molar-refractivity contribution in [2.45, 2.75) is 13.3 Å². The highest BCUT2D eigenvalue weighted by molar-refractivity contribution is 9.10. The molecule has 0 aliphatic heterocycles. The molecule has 0 N–H and O–H groups in total. The smallest absolute Gasteiger partial charge is 0.253 e. The molecular formula is C12H14BrNO2. The number of amides is 1. The van der Waals surface area contributed by atoms with E-state index in [0.29, 0.717) is 5.56 Å². The minimum absolute atomic E-state index is 0.0471. The van der Waals surface area contributed by atoms with Crippen molar-refractivity contribution in [2.75, 3.05) is 14.1 Å². The monoisotopic (exact) mass is 283 g/mol. The number of benzene rings is 1. The molecular weight excluding hydrogens is 270 g/mol. The van der Waals surface area contributed by atoms with Crippen LogP contribution in [-0.2, 0) is 11.2 Å². The summed E-state index contributed by atoms with van der Waals surface area (Å²) in [5, 5.41) is 0. The summed E-state index contributed by atoms with van der Waals surface area (Å²) in [6.07, 6.45) is 0.286. The molecule has 1 amide bonds. The molecule has 0 aliphatic rings. The Bertz CT molecular complexity index is 427. The average molecular weight is 284 g/mol. The molecule has 0 saturated heterocycles. The fourth-order valence-electron chi connectivity index (χ4n) is 1.43. The van der Waals surface area contributed by atoms with Crippen LogP contribution in [0.4, 0.5) is 0 Å². The number of halogens is 1. The van der Waals surface area contributed by atoms with Gasteiger partial charge in [-0.25, -0.2) is 0 Å². The molecule has 0 aliphatic carbocycles. The highest BCUT2D eigenvalue weighted by atomic mass is 79.9. The van der Waals surface area contributed by atoms with Gasteiger partial charge in [0, 0.05) is 30.6 Å². The minimum Gasteiger partial charge on any atom is -0.345 e. The second kappa shape index (κ2) is 5.25. The molecule has 0 aromatic heterocycles. The molecule has 4 heteroatoms. The standard InChI is InChI=1S/C12H14BrNO2/c1-8(15)6-9-7-10(13)4-5-11(9)12(16)14(2)3/h4-5,7H,6H2,1-3H3. The Kier molecular flexibility index (Phi) is 4.24. The molecule has 86 valence electrons. The third kappa shape index (κ3) is 3.17. The minimum atomic E-state index is -0.0799. The predicted molar refractivity (Wildman–Crippen MR) is 66.5 cm³/mol. The maximum atomic E-state index is 11.9. The van der Waals surface area contributed by atoms with Gasteiger partial charge in [-0.1, -0.05) is 15.9 Å². The number of carbonyl (C=O) groups excluding carboxylic acids is 2. The summed E-state index contributed by atoms with van der Waals surface area (Å²) in [6, 6.07) is 5.36. The lowest BCUT2D eigenvalue weighted by Crippen LogP contribution is -2.23. The molecule has 16 heavy (non-hydrogen) atoms. The van der Waals surface area contributed by atoms with E-state index in [4.69, 9.17) is 0 Å². The fourth-order valence-corrected chi connectivity index (χ4v) is 1.83. The average Bonchev–Trinajstić information content (AvgIpc) is 2.15. The van der Waals surface area contributed by atoms with E-state index in [-0.39, 0.29) is 18.1 Å². The summed E-state index contributed by atoms with van der Waals surface area (Å²) in [5.74, 6) is -0.0327. The van der Waals surface area contributed by atoms with Gasteiger partial charge in [-0.2, -0.15) is 0 Å². The van der Waals surface area contributed by atoms with E-state index in [2.05, 4.69) is 15.9 Å². The summed E-state index contributed by atoms with van der Waals surface area (Å²) in [5.41, 5.74) is 1.35. The van der Waals surface area contributed by atoms with Crippen LogP contribution in [0.3, 0.4) is 0 Å². The van der Waals surface area contributed by atoms with Crippen LogP contribution in [0.1, 0.15) is 22.8 Å². The number of nitrogens with zero attached hydrogens (tertiary/aromatic N) is 1. The molecule has 1 aromatic carbocycles. The van der Waals surface area contributed by atoms with Crippen LogP contribution in [-0.4, -0.2) is 30.7 Å². The zero-order valence-corrected chi connectivity index (χ0v) is 11.2. The molecule has 0 fully saturated rings. The SMILES string of the molecule is CC(=O)Cc1cc(Br)ccc1C(=O)N(C)C. The van der Waals surface area contributed by atoms with Crippen LogP contribution in [0, 0.1) is 0 Å². The summed E-state index contributed by atoms with van der Waals surface area (Å²) in [4.78, 5) is 24.5. The van der Waals surface area contributed by atoms with Crippen molar-refractivity contribution in [3.05, 3.63) is 33.8 Å². The lowest BCUT2D eigenvalue weighted by molar-refractivity contribution is -0.116. The third-order valence-electron chi connectivity index (χ3n) is 2.14. The van der Waals surface area contributed by atoms with Crippen molar-refractivity contribution < 1.29 is 9.59 Å². The molecule has 0 atom stereocenters. The number of ketones is 1. The Morgan fingerprint density at radius 3 is 2.44 bits per heavy atom. The van der Waals surface area contributed by atoms with Crippen molar-refractivity contribution in [3.8, 4) is 0 Å². The van der Waals surface area contributed by atoms with Gasteiger partial charge in [0.1, 0.15) is 5.78 Å². The van der Waals surface area contributed by atoms with Crippen molar-refractivity contribution in [1.82, 2.24) is 4.90 Å². The number of Topliss-reactive ketones (excluding diaryl/α,β-unsaturated/α-hetero) is 1. The molecule has 0 unspecified atom stereocenters. The zero-order chi connectivity index (χ0) is 12.3. The highest BCUT2D eigenvalue weighted by Crippen LogP contribution is 2.18. The van der Waals surface area contributed by atoms with Gasteiger partial charge < -0.3 is 4.90 Å². The van der Waals surface area contributed by atoms with Crippen molar-refractivity contribution in [3.63, 3.8) is 0 Å². The molecule has 0 bridgehead atoms. The lowest BCUT2D eigenvalue weighted by atomic mass is 10.0. The zero-order valence-electron chi connectivity index (χ0n) is 9.58. The Labute approximate surface area is 104 Å². The Morgan fingerprint density at radius 1 is 1.31 bits per heavy atom. The van der Waals surface area contributed by atoms with Gasteiger partial charge in [0.05, 0.1) is 0 Å². The number of hydrogen-bond donors (Lipinski definition) is 0. The van der Waals surface area contributed by atoms with Gasteiger partial charge in [0.15, 0.2) is 0 Å². The lowest BCUT2D eigenvalue weighted by Gasteiger charge is -2.13. The van der Waals surface area contributed by atoms with E-state index in [1.165, 1.54) is 11.8 Å². The van der Waals surface area contributed by atoms with Gasteiger partial charge in [-0.05, 0) is 30.7 Å². The van der Waals surface area contributed by atoms with E-state index in [9.17, 15) is 9.59 Å². The maximum Gasteiger partial charge on any atom is 0.253 e. The molecule has 0 heterocycles. The molecule has 0 radical (unpaired) electrons. The van der Waals surface area contributed by atoms with Gasteiger partial charge in [-0.15, -0.1) is 0 Å². The Hall–Kier alpha value is -1.16. The largest absolute Gasteiger partial charge is 0.345 e. The van der Waals surface area contributed by atoms with Crippen LogP contribution in [0.15, 0.2) is 22.7 Å². The van der Waals surface area contributed by atoms with Crippen molar-refractivity contribution in [2.24, 2.45) is 0 Å². The number of rotatable bonds is 3. The number of hydrogen-bond acceptors (Lipinski definition) is 2. The van der Waals surface area contributed by atoms with Gasteiger partial charge >= 0.3 is 0 Å². The number of carbonyl (C=O) groups is 2.